The van der Waals surface area contributed by atoms with Gasteiger partial charge < -0.3 is 24.4 Å². The minimum absolute atomic E-state index is 0.0123. The summed E-state index contributed by atoms with van der Waals surface area (Å²) in [6.45, 7) is 1.88. The van der Waals surface area contributed by atoms with Crippen molar-refractivity contribution in [2.24, 2.45) is 0 Å². The second-order valence-electron chi connectivity index (χ2n) is 8.19. The minimum atomic E-state index is -0.346. The highest BCUT2D eigenvalue weighted by atomic mass is 16.5. The Hall–Kier alpha value is -3.74. The van der Waals surface area contributed by atoms with E-state index in [1.807, 2.05) is 37.3 Å². The highest BCUT2D eigenvalue weighted by molar-refractivity contribution is 6.01. The SMILES string of the molecule is COc1ccc([C@H]2C3=C(C[C@H](c4ccc(O)cc4)CC3=O)Nc3onc(C)c32)c(OC)c1. The van der Waals surface area contributed by atoms with Crippen molar-refractivity contribution in [2.45, 2.75) is 31.6 Å². The molecule has 2 aromatic carbocycles. The number of carbonyl (C=O) groups excluding carboxylic acids is 1. The zero-order chi connectivity index (χ0) is 22.4. The summed E-state index contributed by atoms with van der Waals surface area (Å²) in [5.41, 5.74) is 5.03. The number of phenols is 1. The van der Waals surface area contributed by atoms with Gasteiger partial charge in [-0.05, 0) is 43.0 Å². The number of fused-ring (bicyclic) bond motifs is 1. The van der Waals surface area contributed by atoms with Gasteiger partial charge in [0.25, 0.3) is 0 Å². The van der Waals surface area contributed by atoms with E-state index in [2.05, 4.69) is 10.5 Å². The number of aromatic hydroxyl groups is 1. The molecule has 7 heteroatoms. The first-order chi connectivity index (χ1) is 15.5. The average Bonchev–Trinajstić information content (AvgIpc) is 3.18. The molecular formula is C25H24N2O5. The second kappa shape index (κ2) is 7.75. The van der Waals surface area contributed by atoms with E-state index in [0.717, 1.165) is 33.7 Å². The predicted octanol–water partition coefficient (Wildman–Crippen LogP) is 4.66. The Morgan fingerprint density at radius 3 is 2.59 bits per heavy atom. The van der Waals surface area contributed by atoms with Crippen LogP contribution in [-0.2, 0) is 4.79 Å². The number of nitrogens with one attached hydrogen (secondary N) is 1. The van der Waals surface area contributed by atoms with Crippen molar-refractivity contribution in [3.63, 3.8) is 0 Å². The van der Waals surface area contributed by atoms with Crippen LogP contribution in [0.3, 0.4) is 0 Å². The van der Waals surface area contributed by atoms with E-state index in [9.17, 15) is 9.90 Å². The Morgan fingerprint density at radius 1 is 1.09 bits per heavy atom. The molecule has 2 atom stereocenters. The average molecular weight is 432 g/mol. The number of rotatable bonds is 4. The number of anilines is 1. The number of carbonyl (C=O) groups is 1. The molecule has 1 aliphatic heterocycles. The first-order valence-electron chi connectivity index (χ1n) is 10.5. The highest BCUT2D eigenvalue weighted by Gasteiger charge is 2.42. The molecule has 0 saturated carbocycles. The van der Waals surface area contributed by atoms with Gasteiger partial charge in [-0.15, -0.1) is 0 Å². The number of benzene rings is 2. The molecule has 3 aromatic rings. The number of phenolic OH excluding ortho intramolecular Hbond substituents is 1. The Morgan fingerprint density at radius 2 is 1.88 bits per heavy atom. The molecule has 2 N–H and O–H groups in total. The van der Waals surface area contributed by atoms with E-state index in [1.54, 1.807) is 26.4 Å². The summed E-state index contributed by atoms with van der Waals surface area (Å²) in [7, 11) is 3.22. The second-order valence-corrected chi connectivity index (χ2v) is 8.19. The zero-order valence-corrected chi connectivity index (χ0v) is 18.1. The van der Waals surface area contributed by atoms with Crippen LogP contribution in [0.15, 0.2) is 58.3 Å². The summed E-state index contributed by atoms with van der Waals surface area (Å²) < 4.78 is 16.6. The molecule has 7 nitrogen and oxygen atoms in total. The summed E-state index contributed by atoms with van der Waals surface area (Å²) in [5.74, 6) is 1.83. The minimum Gasteiger partial charge on any atom is -0.508 e. The number of Topliss-reactive ketones (excluding diaryl/α,β-unsaturated/α-hetero) is 1. The number of aryl methyl sites for hydroxylation is 1. The van der Waals surface area contributed by atoms with Gasteiger partial charge in [0, 0.05) is 29.3 Å². The van der Waals surface area contributed by atoms with Crippen LogP contribution < -0.4 is 14.8 Å². The summed E-state index contributed by atoms with van der Waals surface area (Å²) in [4.78, 5) is 13.6. The molecule has 0 spiro atoms. The van der Waals surface area contributed by atoms with Crippen LogP contribution in [0.1, 0.15) is 47.1 Å². The largest absolute Gasteiger partial charge is 0.508 e. The monoisotopic (exact) mass is 432 g/mol. The van der Waals surface area contributed by atoms with Crippen molar-refractivity contribution in [3.8, 4) is 17.2 Å². The normalized spacial score (nSPS) is 19.8. The lowest BCUT2D eigenvalue weighted by atomic mass is 9.72. The van der Waals surface area contributed by atoms with Crippen LogP contribution in [0.2, 0.25) is 0 Å². The van der Waals surface area contributed by atoms with Crippen LogP contribution in [-0.4, -0.2) is 30.3 Å². The molecular weight excluding hydrogens is 408 g/mol. The van der Waals surface area contributed by atoms with Crippen molar-refractivity contribution in [3.05, 3.63) is 76.1 Å². The number of hydrogen-bond acceptors (Lipinski definition) is 7. The van der Waals surface area contributed by atoms with E-state index >= 15 is 0 Å². The Kier molecular flexibility index (Phi) is 4.89. The summed E-state index contributed by atoms with van der Waals surface area (Å²) in [6, 6.07) is 12.7. The first-order valence-corrected chi connectivity index (χ1v) is 10.5. The van der Waals surface area contributed by atoms with Gasteiger partial charge in [-0.1, -0.05) is 23.4 Å². The summed E-state index contributed by atoms with van der Waals surface area (Å²) in [5, 5.41) is 17.1. The van der Waals surface area contributed by atoms with E-state index < -0.39 is 0 Å². The molecule has 1 aromatic heterocycles. The lowest BCUT2D eigenvalue weighted by Gasteiger charge is -2.35. The third-order valence-corrected chi connectivity index (χ3v) is 6.37. The number of hydrogen-bond donors (Lipinski definition) is 2. The Balaban J connectivity index is 1.64. The topological polar surface area (TPSA) is 93.8 Å². The van der Waals surface area contributed by atoms with Gasteiger partial charge in [0.15, 0.2) is 5.78 Å². The van der Waals surface area contributed by atoms with E-state index in [-0.39, 0.29) is 23.4 Å². The van der Waals surface area contributed by atoms with Crippen LogP contribution in [0.5, 0.6) is 17.2 Å². The molecule has 164 valence electrons. The molecule has 5 rings (SSSR count). The van der Waals surface area contributed by atoms with Gasteiger partial charge in [0.1, 0.15) is 17.2 Å². The Bertz CT molecular complexity index is 1230. The molecule has 2 aliphatic rings. The van der Waals surface area contributed by atoms with Gasteiger partial charge in [-0.25, -0.2) is 0 Å². The van der Waals surface area contributed by atoms with Gasteiger partial charge in [-0.3, -0.25) is 4.79 Å². The quantitative estimate of drug-likeness (QED) is 0.619. The summed E-state index contributed by atoms with van der Waals surface area (Å²) in [6.07, 6.45) is 1.04. The maximum Gasteiger partial charge on any atom is 0.233 e. The van der Waals surface area contributed by atoms with Crippen LogP contribution in [0.4, 0.5) is 5.88 Å². The molecule has 0 saturated heterocycles. The third-order valence-electron chi connectivity index (χ3n) is 6.37. The molecule has 1 aliphatic carbocycles. The number of ketones is 1. The molecule has 2 heterocycles. The van der Waals surface area contributed by atoms with Crippen molar-refractivity contribution in [1.82, 2.24) is 5.16 Å². The van der Waals surface area contributed by atoms with E-state index in [1.165, 1.54) is 0 Å². The first kappa shape index (κ1) is 20.2. The number of methoxy groups -OCH3 is 2. The lowest BCUT2D eigenvalue weighted by molar-refractivity contribution is -0.116. The molecule has 0 unspecified atom stereocenters. The number of aromatic nitrogens is 1. The third kappa shape index (κ3) is 3.21. The molecule has 0 radical (unpaired) electrons. The lowest BCUT2D eigenvalue weighted by Crippen LogP contribution is -2.29. The standard InChI is InChI=1S/C25H24N2O5/c1-13-22-23(18-9-8-17(30-2)12-21(18)31-3)24-19(26-25(22)32-27-13)10-15(11-20(24)29)14-4-6-16(28)7-5-14/h4-9,12,15,23,26,28H,10-11H2,1-3H3/t15-,23+/m0/s1. The number of ether oxygens (including phenoxy) is 2. The Labute approximate surface area is 185 Å². The van der Waals surface area contributed by atoms with Crippen molar-refractivity contribution >= 4 is 11.7 Å². The van der Waals surface area contributed by atoms with E-state index in [4.69, 9.17) is 14.0 Å². The molecule has 32 heavy (non-hydrogen) atoms. The zero-order valence-electron chi connectivity index (χ0n) is 18.1. The number of allylic oxidation sites excluding steroid dienone is 2. The molecule has 0 amide bonds. The molecule has 0 bridgehead atoms. The smallest absolute Gasteiger partial charge is 0.233 e. The molecule has 0 fully saturated rings. The van der Waals surface area contributed by atoms with Crippen molar-refractivity contribution in [1.29, 1.82) is 0 Å². The fourth-order valence-corrected chi connectivity index (χ4v) is 4.82. The van der Waals surface area contributed by atoms with Crippen molar-refractivity contribution < 1.29 is 23.9 Å². The van der Waals surface area contributed by atoms with Crippen molar-refractivity contribution in [2.75, 3.05) is 19.5 Å². The van der Waals surface area contributed by atoms with Crippen LogP contribution in [0, 0.1) is 6.92 Å². The van der Waals surface area contributed by atoms with E-state index in [0.29, 0.717) is 30.2 Å². The summed E-state index contributed by atoms with van der Waals surface area (Å²) >= 11 is 0. The van der Waals surface area contributed by atoms with Crippen LogP contribution >= 0.6 is 0 Å². The maximum absolute atomic E-state index is 13.6. The maximum atomic E-state index is 13.6. The van der Waals surface area contributed by atoms with Gasteiger partial charge >= 0.3 is 0 Å². The van der Waals surface area contributed by atoms with Crippen LogP contribution in [0.25, 0.3) is 0 Å². The van der Waals surface area contributed by atoms with Gasteiger partial charge in [-0.2, -0.15) is 0 Å². The fraction of sp³-hybridized carbons (Fsp3) is 0.280. The highest BCUT2D eigenvalue weighted by Crippen LogP contribution is 2.51. The predicted molar refractivity (Wildman–Crippen MR) is 118 cm³/mol. The fourth-order valence-electron chi connectivity index (χ4n) is 4.82. The van der Waals surface area contributed by atoms with Gasteiger partial charge in [0.05, 0.1) is 31.4 Å². The number of nitrogens with zero attached hydrogens (tertiary/aromatic N) is 1. The van der Waals surface area contributed by atoms with Gasteiger partial charge in [0.2, 0.25) is 5.88 Å².